The van der Waals surface area contributed by atoms with Gasteiger partial charge in [0.2, 0.25) is 0 Å². The Kier molecular flexibility index (Phi) is 4.12. The monoisotopic (exact) mass is 394 g/mol. The number of phenols is 1. The lowest BCUT2D eigenvalue weighted by Gasteiger charge is -2.20. The van der Waals surface area contributed by atoms with Gasteiger partial charge in [-0.25, -0.2) is 0 Å². The third-order valence-electron chi connectivity index (χ3n) is 3.60. The van der Waals surface area contributed by atoms with Gasteiger partial charge >= 0.3 is 0 Å². The molecule has 3 rings (SSSR count). The SMILES string of the molecule is O=C(Nc1cccc2c1CNCC2)c1cc(I)ccc1O. The molecule has 1 aliphatic rings. The Labute approximate surface area is 136 Å². The number of amides is 1. The molecule has 1 heterocycles. The van der Waals surface area contributed by atoms with E-state index in [-0.39, 0.29) is 11.7 Å². The molecule has 0 atom stereocenters. The summed E-state index contributed by atoms with van der Waals surface area (Å²) < 4.78 is 0.910. The van der Waals surface area contributed by atoms with Gasteiger partial charge in [-0.05, 0) is 70.9 Å². The summed E-state index contributed by atoms with van der Waals surface area (Å²) in [4.78, 5) is 12.4. The molecule has 0 unspecified atom stereocenters. The van der Waals surface area contributed by atoms with Crippen molar-refractivity contribution >= 4 is 34.2 Å². The molecule has 1 amide bonds. The highest BCUT2D eigenvalue weighted by atomic mass is 127. The van der Waals surface area contributed by atoms with Crippen LogP contribution >= 0.6 is 22.6 Å². The molecule has 0 spiro atoms. The molecule has 0 bridgehead atoms. The van der Waals surface area contributed by atoms with Crippen molar-refractivity contribution in [2.75, 3.05) is 11.9 Å². The summed E-state index contributed by atoms with van der Waals surface area (Å²) in [5.74, 6) is -0.291. The molecule has 21 heavy (non-hydrogen) atoms. The minimum atomic E-state index is -0.287. The zero-order chi connectivity index (χ0) is 14.8. The van der Waals surface area contributed by atoms with Crippen LogP contribution in [0.1, 0.15) is 21.5 Å². The Balaban J connectivity index is 1.90. The van der Waals surface area contributed by atoms with Crippen LogP contribution in [0.3, 0.4) is 0 Å². The van der Waals surface area contributed by atoms with E-state index in [1.54, 1.807) is 18.2 Å². The molecule has 0 radical (unpaired) electrons. The van der Waals surface area contributed by atoms with Crippen LogP contribution in [-0.4, -0.2) is 17.6 Å². The molecular formula is C16H15IN2O2. The Hall–Kier alpha value is -1.60. The summed E-state index contributed by atoms with van der Waals surface area (Å²) in [7, 11) is 0. The highest BCUT2D eigenvalue weighted by Gasteiger charge is 2.16. The van der Waals surface area contributed by atoms with Crippen molar-refractivity contribution in [3.8, 4) is 5.75 Å². The molecule has 2 aromatic rings. The van der Waals surface area contributed by atoms with Gasteiger partial charge in [0.1, 0.15) is 5.75 Å². The van der Waals surface area contributed by atoms with Gasteiger partial charge in [-0.3, -0.25) is 4.79 Å². The van der Waals surface area contributed by atoms with E-state index in [9.17, 15) is 9.90 Å². The van der Waals surface area contributed by atoms with Crippen LogP contribution in [0.2, 0.25) is 0 Å². The number of nitrogens with one attached hydrogen (secondary N) is 2. The fraction of sp³-hybridized carbons (Fsp3) is 0.188. The summed E-state index contributed by atoms with van der Waals surface area (Å²) in [5, 5.41) is 16.1. The molecule has 0 saturated heterocycles. The molecule has 0 fully saturated rings. The van der Waals surface area contributed by atoms with Gasteiger partial charge in [-0.2, -0.15) is 0 Å². The number of aromatic hydroxyl groups is 1. The number of rotatable bonds is 2. The molecular weight excluding hydrogens is 379 g/mol. The number of hydrogen-bond donors (Lipinski definition) is 3. The number of carbonyl (C=O) groups excluding carboxylic acids is 1. The molecule has 0 aromatic heterocycles. The lowest BCUT2D eigenvalue weighted by Crippen LogP contribution is -2.25. The molecule has 5 heteroatoms. The van der Waals surface area contributed by atoms with E-state index in [0.29, 0.717) is 5.56 Å². The quantitative estimate of drug-likeness (QED) is 0.687. The first-order chi connectivity index (χ1) is 10.1. The molecule has 108 valence electrons. The summed E-state index contributed by atoms with van der Waals surface area (Å²) in [5.41, 5.74) is 3.49. The predicted molar refractivity (Wildman–Crippen MR) is 90.6 cm³/mol. The molecule has 2 aromatic carbocycles. The second-order valence-electron chi connectivity index (χ2n) is 4.99. The number of benzene rings is 2. The number of anilines is 1. The van der Waals surface area contributed by atoms with Gasteiger partial charge < -0.3 is 15.7 Å². The zero-order valence-electron chi connectivity index (χ0n) is 11.3. The van der Waals surface area contributed by atoms with Gasteiger partial charge in [-0.1, -0.05) is 12.1 Å². The molecule has 0 aliphatic carbocycles. The maximum absolute atomic E-state index is 12.4. The topological polar surface area (TPSA) is 61.4 Å². The van der Waals surface area contributed by atoms with Crippen LogP contribution in [0.4, 0.5) is 5.69 Å². The van der Waals surface area contributed by atoms with Crippen LogP contribution in [-0.2, 0) is 13.0 Å². The van der Waals surface area contributed by atoms with E-state index in [1.807, 2.05) is 12.1 Å². The fourth-order valence-electron chi connectivity index (χ4n) is 2.51. The van der Waals surface area contributed by atoms with Gasteiger partial charge in [0.25, 0.3) is 5.91 Å². The van der Waals surface area contributed by atoms with Crippen LogP contribution in [0.5, 0.6) is 5.75 Å². The number of halogens is 1. The van der Waals surface area contributed by atoms with E-state index < -0.39 is 0 Å². The van der Waals surface area contributed by atoms with Gasteiger partial charge in [0, 0.05) is 15.8 Å². The minimum absolute atomic E-state index is 0.00385. The Morgan fingerprint density at radius 1 is 1.29 bits per heavy atom. The number of fused-ring (bicyclic) bond motifs is 1. The lowest BCUT2D eigenvalue weighted by atomic mass is 9.99. The Bertz CT molecular complexity index is 701. The first-order valence-corrected chi connectivity index (χ1v) is 7.84. The molecule has 3 N–H and O–H groups in total. The van der Waals surface area contributed by atoms with Crippen molar-refractivity contribution in [2.24, 2.45) is 0 Å². The number of hydrogen-bond acceptors (Lipinski definition) is 3. The average Bonchev–Trinajstić information content (AvgIpc) is 2.50. The van der Waals surface area contributed by atoms with E-state index >= 15 is 0 Å². The zero-order valence-corrected chi connectivity index (χ0v) is 13.5. The van der Waals surface area contributed by atoms with E-state index in [2.05, 4.69) is 39.3 Å². The van der Waals surface area contributed by atoms with Crippen molar-refractivity contribution in [1.29, 1.82) is 0 Å². The summed E-state index contributed by atoms with van der Waals surface area (Å²) >= 11 is 2.12. The summed E-state index contributed by atoms with van der Waals surface area (Å²) in [6.45, 7) is 1.71. The van der Waals surface area contributed by atoms with Crippen LogP contribution in [0, 0.1) is 3.57 Å². The van der Waals surface area contributed by atoms with Crippen LogP contribution in [0.15, 0.2) is 36.4 Å². The van der Waals surface area contributed by atoms with Crippen molar-refractivity contribution < 1.29 is 9.90 Å². The first-order valence-electron chi connectivity index (χ1n) is 6.76. The predicted octanol–water partition coefficient (Wildman–Crippen LogP) is 2.89. The highest BCUT2D eigenvalue weighted by Crippen LogP contribution is 2.25. The van der Waals surface area contributed by atoms with Crippen molar-refractivity contribution in [2.45, 2.75) is 13.0 Å². The van der Waals surface area contributed by atoms with E-state index in [0.717, 1.165) is 34.3 Å². The fourth-order valence-corrected chi connectivity index (χ4v) is 3.00. The van der Waals surface area contributed by atoms with Crippen LogP contribution in [0.25, 0.3) is 0 Å². The largest absolute Gasteiger partial charge is 0.507 e. The highest BCUT2D eigenvalue weighted by molar-refractivity contribution is 14.1. The lowest BCUT2D eigenvalue weighted by molar-refractivity contribution is 0.102. The third-order valence-corrected chi connectivity index (χ3v) is 4.27. The second-order valence-corrected chi connectivity index (χ2v) is 6.23. The first kappa shape index (κ1) is 14.3. The number of carbonyl (C=O) groups is 1. The average molecular weight is 394 g/mol. The summed E-state index contributed by atoms with van der Waals surface area (Å²) in [6, 6.07) is 10.9. The second kappa shape index (κ2) is 6.03. The Morgan fingerprint density at radius 3 is 3.00 bits per heavy atom. The maximum Gasteiger partial charge on any atom is 0.259 e. The van der Waals surface area contributed by atoms with Crippen molar-refractivity contribution in [3.05, 3.63) is 56.7 Å². The maximum atomic E-state index is 12.4. The summed E-state index contributed by atoms with van der Waals surface area (Å²) in [6.07, 6.45) is 0.966. The standard InChI is InChI=1S/C16H15IN2O2/c17-11-4-5-15(20)12(8-11)16(21)19-14-3-1-2-10-6-7-18-9-13(10)14/h1-5,8,18,20H,6-7,9H2,(H,19,21). The number of phenolic OH excluding ortho intramolecular Hbond substituents is 1. The van der Waals surface area contributed by atoms with Gasteiger partial charge in [-0.15, -0.1) is 0 Å². The van der Waals surface area contributed by atoms with Crippen molar-refractivity contribution in [3.63, 3.8) is 0 Å². The van der Waals surface area contributed by atoms with Crippen LogP contribution < -0.4 is 10.6 Å². The smallest absolute Gasteiger partial charge is 0.259 e. The van der Waals surface area contributed by atoms with Gasteiger partial charge in [0.15, 0.2) is 0 Å². The molecule has 1 aliphatic heterocycles. The molecule has 4 nitrogen and oxygen atoms in total. The Morgan fingerprint density at radius 2 is 2.14 bits per heavy atom. The third kappa shape index (κ3) is 3.03. The van der Waals surface area contributed by atoms with Crippen molar-refractivity contribution in [1.82, 2.24) is 5.32 Å². The minimum Gasteiger partial charge on any atom is -0.507 e. The van der Waals surface area contributed by atoms with Gasteiger partial charge in [0.05, 0.1) is 5.56 Å². The normalized spacial score (nSPS) is 13.6. The molecule has 0 saturated carbocycles. The van der Waals surface area contributed by atoms with E-state index in [4.69, 9.17) is 0 Å². The van der Waals surface area contributed by atoms with E-state index in [1.165, 1.54) is 5.56 Å².